The van der Waals surface area contributed by atoms with Crippen molar-refractivity contribution in [2.24, 2.45) is 0 Å². The lowest BCUT2D eigenvalue weighted by atomic mass is 9.90. The minimum Gasteiger partial charge on any atom is -0.489 e. The summed E-state index contributed by atoms with van der Waals surface area (Å²) in [7, 11) is 1.28. The molecule has 0 aliphatic rings. The Bertz CT molecular complexity index is 1090. The smallest absolute Gasteiger partial charge is 0.336 e. The molecule has 0 saturated heterocycles. The van der Waals surface area contributed by atoms with E-state index in [4.69, 9.17) is 9.47 Å². The minimum absolute atomic E-state index is 0.166. The van der Waals surface area contributed by atoms with Crippen molar-refractivity contribution in [3.63, 3.8) is 0 Å². The van der Waals surface area contributed by atoms with Crippen LogP contribution in [-0.4, -0.2) is 24.5 Å². The van der Waals surface area contributed by atoms with Crippen LogP contribution in [0.5, 0.6) is 5.75 Å². The van der Waals surface area contributed by atoms with Crippen molar-refractivity contribution in [3.05, 3.63) is 120 Å². The fourth-order valence-corrected chi connectivity index (χ4v) is 3.30. The van der Waals surface area contributed by atoms with Crippen LogP contribution < -0.4 is 10.1 Å². The van der Waals surface area contributed by atoms with E-state index >= 15 is 0 Å². The molecular formula is C27H25NO4. The fraction of sp³-hybridized carbons (Fsp3) is 0.148. The number of esters is 1. The summed E-state index contributed by atoms with van der Waals surface area (Å²) >= 11 is 0. The van der Waals surface area contributed by atoms with E-state index in [-0.39, 0.29) is 6.42 Å². The lowest BCUT2D eigenvalue weighted by Gasteiger charge is -2.28. The van der Waals surface area contributed by atoms with Crippen LogP contribution in [0.3, 0.4) is 0 Å². The van der Waals surface area contributed by atoms with Gasteiger partial charge < -0.3 is 14.8 Å². The van der Waals surface area contributed by atoms with Gasteiger partial charge in [0.05, 0.1) is 7.11 Å². The van der Waals surface area contributed by atoms with Crippen LogP contribution in [0.25, 0.3) is 0 Å². The molecule has 5 heteroatoms. The van der Waals surface area contributed by atoms with E-state index in [0.717, 1.165) is 11.1 Å². The summed E-state index contributed by atoms with van der Waals surface area (Å²) in [6.45, 7) is 4.05. The average Bonchev–Trinajstić information content (AvgIpc) is 2.84. The minimum atomic E-state index is -1.45. The molecule has 3 aromatic carbocycles. The molecule has 0 heterocycles. The van der Waals surface area contributed by atoms with E-state index in [0.29, 0.717) is 17.9 Å². The van der Waals surface area contributed by atoms with Crippen LogP contribution in [0.4, 0.5) is 0 Å². The SMILES string of the molecule is C=C=CC(Cc1ccc(OCc2ccccc2)cc1)(NC(=O)c1ccccc1)C(=O)OC. The van der Waals surface area contributed by atoms with E-state index in [2.05, 4.69) is 17.6 Å². The normalized spacial score (nSPS) is 12.0. The summed E-state index contributed by atoms with van der Waals surface area (Å²) in [6.07, 6.45) is 1.60. The molecule has 3 aromatic rings. The first-order valence-corrected chi connectivity index (χ1v) is 10.1. The maximum absolute atomic E-state index is 12.8. The van der Waals surface area contributed by atoms with Crippen LogP contribution in [0.2, 0.25) is 0 Å². The highest BCUT2D eigenvalue weighted by Gasteiger charge is 2.39. The first kappa shape index (κ1) is 22.6. The maximum Gasteiger partial charge on any atom is 0.336 e. The topological polar surface area (TPSA) is 64.6 Å². The van der Waals surface area contributed by atoms with Gasteiger partial charge in [-0.05, 0) is 41.5 Å². The van der Waals surface area contributed by atoms with E-state index < -0.39 is 17.4 Å². The lowest BCUT2D eigenvalue weighted by molar-refractivity contribution is -0.146. The van der Waals surface area contributed by atoms with Gasteiger partial charge in [-0.1, -0.05) is 67.2 Å². The first-order valence-electron chi connectivity index (χ1n) is 10.1. The number of amides is 1. The lowest BCUT2D eigenvalue weighted by Crippen LogP contribution is -2.55. The van der Waals surface area contributed by atoms with Gasteiger partial charge in [-0.2, -0.15) is 0 Å². The molecule has 162 valence electrons. The zero-order valence-electron chi connectivity index (χ0n) is 17.9. The highest BCUT2D eigenvalue weighted by Crippen LogP contribution is 2.21. The van der Waals surface area contributed by atoms with Crippen molar-refractivity contribution in [2.45, 2.75) is 18.6 Å². The number of ether oxygens (including phenoxy) is 2. The average molecular weight is 428 g/mol. The summed E-state index contributed by atoms with van der Waals surface area (Å²) in [6, 6.07) is 25.9. The van der Waals surface area contributed by atoms with E-state index in [1.807, 2.05) is 60.7 Å². The van der Waals surface area contributed by atoms with Crippen molar-refractivity contribution in [1.82, 2.24) is 5.32 Å². The largest absolute Gasteiger partial charge is 0.489 e. The molecule has 0 radical (unpaired) electrons. The Balaban J connectivity index is 1.78. The van der Waals surface area contributed by atoms with Crippen LogP contribution in [0, 0.1) is 0 Å². The van der Waals surface area contributed by atoms with Crippen LogP contribution in [0.1, 0.15) is 21.5 Å². The van der Waals surface area contributed by atoms with Crippen molar-refractivity contribution in [2.75, 3.05) is 7.11 Å². The zero-order valence-corrected chi connectivity index (χ0v) is 17.9. The van der Waals surface area contributed by atoms with E-state index in [9.17, 15) is 9.59 Å². The molecule has 0 fully saturated rings. The fourth-order valence-electron chi connectivity index (χ4n) is 3.30. The summed E-state index contributed by atoms with van der Waals surface area (Å²) < 4.78 is 10.8. The Labute approximate surface area is 188 Å². The Morgan fingerprint density at radius 1 is 0.938 bits per heavy atom. The van der Waals surface area contributed by atoms with E-state index in [1.165, 1.54) is 13.2 Å². The molecule has 5 nitrogen and oxygen atoms in total. The molecule has 1 atom stereocenters. The first-order chi connectivity index (χ1) is 15.6. The second-order valence-electron chi connectivity index (χ2n) is 7.23. The maximum atomic E-state index is 12.8. The Morgan fingerprint density at radius 3 is 2.16 bits per heavy atom. The van der Waals surface area contributed by atoms with Crippen LogP contribution in [-0.2, 0) is 22.6 Å². The Hall–Kier alpha value is -4.08. The molecule has 32 heavy (non-hydrogen) atoms. The number of carbonyl (C=O) groups excluding carboxylic acids is 2. The van der Waals surface area contributed by atoms with E-state index in [1.54, 1.807) is 24.3 Å². The second kappa shape index (κ2) is 10.8. The van der Waals surface area contributed by atoms with Gasteiger partial charge in [0.15, 0.2) is 5.54 Å². The molecular weight excluding hydrogens is 402 g/mol. The van der Waals surface area contributed by atoms with Crippen molar-refractivity contribution in [1.29, 1.82) is 0 Å². The molecule has 1 amide bonds. The zero-order chi connectivity index (χ0) is 22.8. The summed E-state index contributed by atoms with van der Waals surface area (Å²) in [5.41, 5.74) is 3.50. The van der Waals surface area contributed by atoms with Gasteiger partial charge >= 0.3 is 5.97 Å². The van der Waals surface area contributed by atoms with Gasteiger partial charge in [0, 0.05) is 12.0 Å². The molecule has 0 aliphatic carbocycles. The Kier molecular flexibility index (Phi) is 7.63. The monoisotopic (exact) mass is 427 g/mol. The van der Waals surface area contributed by atoms with Crippen molar-refractivity contribution < 1.29 is 19.1 Å². The van der Waals surface area contributed by atoms with Crippen molar-refractivity contribution >= 4 is 11.9 Å². The third-order valence-electron chi connectivity index (χ3n) is 4.93. The standard InChI is InChI=1S/C27H25NO4/c1-3-18-27(26(30)31-2,28-25(29)23-12-8-5-9-13-23)19-21-14-16-24(17-15-21)32-20-22-10-6-4-7-11-22/h4-18H,1,19-20H2,2H3,(H,28,29). The van der Waals surface area contributed by atoms with Gasteiger partial charge in [0.1, 0.15) is 12.4 Å². The summed E-state index contributed by atoms with van der Waals surface area (Å²) in [4.78, 5) is 25.6. The highest BCUT2D eigenvalue weighted by molar-refractivity contribution is 5.99. The predicted molar refractivity (Wildman–Crippen MR) is 123 cm³/mol. The van der Waals surface area contributed by atoms with Gasteiger partial charge in [0.2, 0.25) is 0 Å². The molecule has 3 rings (SSSR count). The third kappa shape index (κ3) is 5.75. The van der Waals surface area contributed by atoms with Crippen LogP contribution >= 0.6 is 0 Å². The number of nitrogens with one attached hydrogen (secondary N) is 1. The van der Waals surface area contributed by atoms with Gasteiger partial charge in [-0.25, -0.2) is 4.79 Å². The van der Waals surface area contributed by atoms with Gasteiger partial charge in [-0.3, -0.25) is 4.79 Å². The number of carbonyl (C=O) groups is 2. The molecule has 0 aromatic heterocycles. The number of hydrogen-bond acceptors (Lipinski definition) is 4. The number of rotatable bonds is 9. The quantitative estimate of drug-likeness (QED) is 0.404. The van der Waals surface area contributed by atoms with Gasteiger partial charge in [-0.15, -0.1) is 5.73 Å². The molecule has 0 bridgehead atoms. The third-order valence-corrected chi connectivity index (χ3v) is 4.93. The van der Waals surface area contributed by atoms with Crippen LogP contribution in [0.15, 0.2) is 103 Å². The number of benzene rings is 3. The molecule has 0 spiro atoms. The number of methoxy groups -OCH3 is 1. The summed E-state index contributed by atoms with van der Waals surface area (Å²) in [5.74, 6) is -0.304. The van der Waals surface area contributed by atoms with Crippen molar-refractivity contribution in [3.8, 4) is 5.75 Å². The summed E-state index contributed by atoms with van der Waals surface area (Å²) in [5, 5.41) is 2.81. The Morgan fingerprint density at radius 2 is 1.56 bits per heavy atom. The molecule has 1 N–H and O–H groups in total. The number of hydrogen-bond donors (Lipinski definition) is 1. The molecule has 0 aliphatic heterocycles. The molecule has 0 saturated carbocycles. The van der Waals surface area contributed by atoms with Gasteiger partial charge in [0.25, 0.3) is 5.91 Å². The predicted octanol–water partition coefficient (Wildman–Crippen LogP) is 4.49. The second-order valence-corrected chi connectivity index (χ2v) is 7.23. The highest BCUT2D eigenvalue weighted by atomic mass is 16.5. The molecule has 1 unspecified atom stereocenters.